The van der Waals surface area contributed by atoms with Gasteiger partial charge in [0.25, 0.3) is 0 Å². The summed E-state index contributed by atoms with van der Waals surface area (Å²) in [5, 5.41) is 0. The summed E-state index contributed by atoms with van der Waals surface area (Å²) in [6, 6.07) is 8.08. The van der Waals surface area contributed by atoms with Gasteiger partial charge >= 0.3 is 0 Å². The molecule has 4 heteroatoms. The second-order valence-electron chi connectivity index (χ2n) is 4.36. The van der Waals surface area contributed by atoms with Crippen molar-refractivity contribution in [3.63, 3.8) is 0 Å². The molecule has 0 aliphatic rings. The van der Waals surface area contributed by atoms with E-state index >= 15 is 0 Å². The third-order valence-electron chi connectivity index (χ3n) is 2.71. The first-order chi connectivity index (χ1) is 9.36. The third kappa shape index (κ3) is 7.82. The molecule has 0 atom stereocenters. The van der Waals surface area contributed by atoms with E-state index in [1.807, 2.05) is 24.3 Å². The molecule has 108 valence electrons. The fraction of sp³-hybridized carbons (Fsp3) is 0.600. The SMILES string of the molecule is CCCCCOc1ccc(CNOCCOC)cc1. The van der Waals surface area contributed by atoms with Gasteiger partial charge in [0.15, 0.2) is 0 Å². The number of ether oxygens (including phenoxy) is 2. The molecule has 0 amide bonds. The third-order valence-corrected chi connectivity index (χ3v) is 2.71. The Bertz CT molecular complexity index is 314. The summed E-state index contributed by atoms with van der Waals surface area (Å²) >= 11 is 0. The highest BCUT2D eigenvalue weighted by molar-refractivity contribution is 5.27. The minimum atomic E-state index is 0.551. The zero-order valence-electron chi connectivity index (χ0n) is 12.0. The molecule has 0 radical (unpaired) electrons. The van der Waals surface area contributed by atoms with Crippen molar-refractivity contribution in [3.05, 3.63) is 29.8 Å². The van der Waals surface area contributed by atoms with E-state index in [-0.39, 0.29) is 0 Å². The molecule has 0 spiro atoms. The number of benzene rings is 1. The molecule has 0 saturated carbocycles. The summed E-state index contributed by atoms with van der Waals surface area (Å²) in [4.78, 5) is 5.19. The first kappa shape index (κ1) is 16.0. The van der Waals surface area contributed by atoms with Crippen molar-refractivity contribution < 1.29 is 14.3 Å². The van der Waals surface area contributed by atoms with Crippen LogP contribution in [0.2, 0.25) is 0 Å². The second-order valence-corrected chi connectivity index (χ2v) is 4.36. The predicted molar refractivity (Wildman–Crippen MR) is 76.1 cm³/mol. The topological polar surface area (TPSA) is 39.7 Å². The van der Waals surface area contributed by atoms with Gasteiger partial charge in [-0.25, -0.2) is 0 Å². The number of nitrogens with one attached hydrogen (secondary N) is 1. The maximum absolute atomic E-state index is 5.65. The Kier molecular flexibility index (Phi) is 9.06. The van der Waals surface area contributed by atoms with Gasteiger partial charge in [0.05, 0.1) is 19.8 Å². The van der Waals surface area contributed by atoms with Crippen LogP contribution in [0.25, 0.3) is 0 Å². The zero-order chi connectivity index (χ0) is 13.8. The Morgan fingerprint density at radius 1 is 1.00 bits per heavy atom. The lowest BCUT2D eigenvalue weighted by Crippen LogP contribution is -2.17. The Hall–Kier alpha value is -1.10. The maximum Gasteiger partial charge on any atom is 0.119 e. The normalized spacial score (nSPS) is 10.6. The Labute approximate surface area is 116 Å². The standard InChI is InChI=1S/C15H25NO3/c1-3-4-5-10-18-15-8-6-14(7-9-15)13-16-19-12-11-17-2/h6-9,16H,3-5,10-13H2,1-2H3. The minimum absolute atomic E-state index is 0.551. The van der Waals surface area contributed by atoms with Crippen LogP contribution < -0.4 is 10.2 Å². The average molecular weight is 267 g/mol. The molecule has 1 aromatic rings. The Morgan fingerprint density at radius 2 is 1.79 bits per heavy atom. The summed E-state index contributed by atoms with van der Waals surface area (Å²) in [5.74, 6) is 0.931. The van der Waals surface area contributed by atoms with Gasteiger partial charge in [-0.2, -0.15) is 5.48 Å². The van der Waals surface area contributed by atoms with Crippen molar-refractivity contribution in [2.75, 3.05) is 26.9 Å². The lowest BCUT2D eigenvalue weighted by Gasteiger charge is -2.08. The lowest BCUT2D eigenvalue weighted by molar-refractivity contribution is 0.00346. The molecule has 0 aliphatic carbocycles. The summed E-state index contributed by atoms with van der Waals surface area (Å²) in [7, 11) is 1.66. The quantitative estimate of drug-likeness (QED) is 0.494. The van der Waals surface area contributed by atoms with Crippen LogP contribution in [-0.4, -0.2) is 26.9 Å². The first-order valence-electron chi connectivity index (χ1n) is 6.92. The van der Waals surface area contributed by atoms with Gasteiger partial charge in [-0.15, -0.1) is 0 Å². The van der Waals surface area contributed by atoms with Crippen LogP contribution in [0.1, 0.15) is 31.7 Å². The van der Waals surface area contributed by atoms with E-state index in [9.17, 15) is 0 Å². The van der Waals surface area contributed by atoms with Crippen LogP contribution in [-0.2, 0) is 16.1 Å². The van der Waals surface area contributed by atoms with Crippen molar-refractivity contribution in [2.45, 2.75) is 32.7 Å². The molecule has 1 aromatic carbocycles. The van der Waals surface area contributed by atoms with E-state index in [4.69, 9.17) is 14.3 Å². The summed E-state index contributed by atoms with van der Waals surface area (Å²) in [6.07, 6.45) is 3.56. The minimum Gasteiger partial charge on any atom is -0.494 e. The van der Waals surface area contributed by atoms with Crippen molar-refractivity contribution in [3.8, 4) is 5.75 Å². The molecule has 0 saturated heterocycles. The summed E-state index contributed by atoms with van der Waals surface area (Å²) < 4.78 is 10.5. The van der Waals surface area contributed by atoms with Crippen molar-refractivity contribution >= 4 is 0 Å². The molecule has 0 heterocycles. The molecule has 0 fully saturated rings. The van der Waals surface area contributed by atoms with Crippen LogP contribution in [0.4, 0.5) is 0 Å². The van der Waals surface area contributed by atoms with Gasteiger partial charge in [-0.3, -0.25) is 4.84 Å². The molecule has 0 bridgehead atoms. The average Bonchev–Trinajstić information content (AvgIpc) is 2.45. The van der Waals surface area contributed by atoms with Crippen LogP contribution in [0.5, 0.6) is 5.75 Å². The van der Waals surface area contributed by atoms with Crippen molar-refractivity contribution in [1.29, 1.82) is 0 Å². The van der Waals surface area contributed by atoms with E-state index in [0.717, 1.165) is 18.8 Å². The molecular formula is C15H25NO3. The maximum atomic E-state index is 5.65. The van der Waals surface area contributed by atoms with Gasteiger partial charge in [0.1, 0.15) is 5.75 Å². The Balaban J connectivity index is 2.16. The van der Waals surface area contributed by atoms with E-state index in [1.165, 1.54) is 18.4 Å². The predicted octanol–water partition coefficient (Wildman–Crippen LogP) is 2.92. The largest absolute Gasteiger partial charge is 0.494 e. The number of methoxy groups -OCH3 is 1. The fourth-order valence-corrected chi connectivity index (χ4v) is 1.58. The van der Waals surface area contributed by atoms with Crippen molar-refractivity contribution in [2.24, 2.45) is 0 Å². The van der Waals surface area contributed by atoms with Crippen LogP contribution >= 0.6 is 0 Å². The Morgan fingerprint density at radius 3 is 2.47 bits per heavy atom. The molecule has 1 rings (SSSR count). The van der Waals surface area contributed by atoms with E-state index in [0.29, 0.717) is 19.8 Å². The van der Waals surface area contributed by atoms with E-state index in [1.54, 1.807) is 7.11 Å². The summed E-state index contributed by atoms with van der Waals surface area (Å²) in [6.45, 7) is 4.81. The smallest absolute Gasteiger partial charge is 0.119 e. The first-order valence-corrected chi connectivity index (χ1v) is 6.92. The van der Waals surface area contributed by atoms with E-state index < -0.39 is 0 Å². The van der Waals surface area contributed by atoms with Gasteiger partial charge in [0.2, 0.25) is 0 Å². The summed E-state index contributed by atoms with van der Waals surface area (Å²) in [5.41, 5.74) is 4.06. The van der Waals surface area contributed by atoms with Crippen LogP contribution in [0.15, 0.2) is 24.3 Å². The van der Waals surface area contributed by atoms with Gasteiger partial charge in [0, 0.05) is 13.7 Å². The monoisotopic (exact) mass is 267 g/mol. The van der Waals surface area contributed by atoms with Gasteiger partial charge < -0.3 is 9.47 Å². The lowest BCUT2D eigenvalue weighted by atomic mass is 10.2. The fourth-order valence-electron chi connectivity index (χ4n) is 1.58. The highest BCUT2D eigenvalue weighted by Gasteiger charge is 1.96. The molecule has 1 N–H and O–H groups in total. The van der Waals surface area contributed by atoms with Crippen LogP contribution in [0.3, 0.4) is 0 Å². The molecule has 19 heavy (non-hydrogen) atoms. The number of unbranched alkanes of at least 4 members (excludes halogenated alkanes) is 2. The second kappa shape index (κ2) is 10.8. The number of hydrogen-bond donors (Lipinski definition) is 1. The van der Waals surface area contributed by atoms with Crippen molar-refractivity contribution in [1.82, 2.24) is 5.48 Å². The number of hydrogen-bond acceptors (Lipinski definition) is 4. The molecule has 0 aliphatic heterocycles. The number of hydroxylamine groups is 1. The zero-order valence-corrected chi connectivity index (χ0v) is 12.0. The molecular weight excluding hydrogens is 242 g/mol. The van der Waals surface area contributed by atoms with E-state index in [2.05, 4.69) is 12.4 Å². The highest BCUT2D eigenvalue weighted by Crippen LogP contribution is 2.12. The van der Waals surface area contributed by atoms with Crippen LogP contribution in [0, 0.1) is 0 Å². The molecule has 4 nitrogen and oxygen atoms in total. The van der Waals surface area contributed by atoms with Gasteiger partial charge in [-0.1, -0.05) is 31.9 Å². The number of rotatable bonds is 11. The highest BCUT2D eigenvalue weighted by atomic mass is 16.7. The molecule has 0 aromatic heterocycles. The van der Waals surface area contributed by atoms with Gasteiger partial charge in [-0.05, 0) is 24.1 Å². The molecule has 0 unspecified atom stereocenters.